The number of likely N-dealkylation sites (tertiary alicyclic amines) is 1. The summed E-state index contributed by atoms with van der Waals surface area (Å²) in [4.78, 5) is 12.1. The van der Waals surface area contributed by atoms with E-state index in [0.29, 0.717) is 0 Å². The largest absolute Gasteiger partial charge is 0.368 e. The molecule has 0 spiro atoms. The lowest BCUT2D eigenvalue weighted by Gasteiger charge is -2.38. The normalized spacial score (nSPS) is 21.8. The van der Waals surface area contributed by atoms with E-state index in [2.05, 4.69) is 64.0 Å². The van der Waals surface area contributed by atoms with E-state index in [4.69, 9.17) is 0 Å². The molecule has 1 atom stereocenters. The molecule has 2 heterocycles. The average molecular weight is 372 g/mol. The molecular weight excluding hydrogens is 334 g/mol. The van der Waals surface area contributed by atoms with Gasteiger partial charge in [-0.2, -0.15) is 0 Å². The maximum absolute atomic E-state index is 4.56. The second-order valence-electron chi connectivity index (χ2n) is 8.08. The van der Waals surface area contributed by atoms with Crippen LogP contribution >= 0.6 is 0 Å². The van der Waals surface area contributed by atoms with Gasteiger partial charge in [-0.25, -0.2) is 0 Å². The molecule has 2 aliphatic rings. The summed E-state index contributed by atoms with van der Waals surface area (Å²) in [6.45, 7) is 15.6. The van der Waals surface area contributed by atoms with Crippen molar-refractivity contribution < 1.29 is 0 Å². The Morgan fingerprint density at radius 1 is 1.15 bits per heavy atom. The van der Waals surface area contributed by atoms with Gasteiger partial charge in [0.25, 0.3) is 0 Å². The fourth-order valence-electron chi connectivity index (χ4n) is 4.40. The van der Waals surface area contributed by atoms with Crippen molar-refractivity contribution >= 4 is 11.6 Å². The molecule has 1 N–H and O–H groups in total. The van der Waals surface area contributed by atoms with Gasteiger partial charge in [0.2, 0.25) is 0 Å². The summed E-state index contributed by atoms with van der Waals surface area (Å²) in [5.41, 5.74) is 4.17. The molecular formula is C22H37N5. The maximum Gasteiger partial charge on any atom is 0.193 e. The molecule has 1 unspecified atom stereocenters. The van der Waals surface area contributed by atoms with Crippen molar-refractivity contribution in [1.82, 2.24) is 15.1 Å². The second-order valence-corrected chi connectivity index (χ2v) is 8.08. The van der Waals surface area contributed by atoms with Crippen LogP contribution in [0.5, 0.6) is 0 Å². The molecule has 3 rings (SSSR count). The van der Waals surface area contributed by atoms with Gasteiger partial charge in [-0.15, -0.1) is 0 Å². The zero-order valence-electron chi connectivity index (χ0n) is 17.7. The number of aliphatic imine (C=N–C) groups is 1. The summed E-state index contributed by atoms with van der Waals surface area (Å²) in [6.07, 6.45) is 2.57. The van der Waals surface area contributed by atoms with Crippen molar-refractivity contribution in [3.8, 4) is 0 Å². The SMILES string of the molecule is CCCN1CCC(CNC(=NC)N2CCN(c3cccc(C)c3C)CC2)C1. The minimum atomic E-state index is 0.754. The summed E-state index contributed by atoms with van der Waals surface area (Å²) in [5, 5.41) is 3.65. The van der Waals surface area contributed by atoms with Crippen molar-refractivity contribution in [2.45, 2.75) is 33.6 Å². The van der Waals surface area contributed by atoms with Crippen LogP contribution in [0.25, 0.3) is 0 Å². The Balaban J connectivity index is 1.48. The lowest BCUT2D eigenvalue weighted by molar-refractivity contribution is 0.322. The van der Waals surface area contributed by atoms with E-state index in [1.165, 1.54) is 49.3 Å². The van der Waals surface area contributed by atoms with Crippen LogP contribution in [0, 0.1) is 19.8 Å². The first-order valence-electron chi connectivity index (χ1n) is 10.6. The predicted octanol–water partition coefficient (Wildman–Crippen LogP) is 2.73. The standard InChI is InChI=1S/C22H37N5/c1-5-10-25-11-9-20(17-25)16-24-22(23-4)27-14-12-26(13-15-27)21-8-6-7-18(2)19(21)3/h6-8,20H,5,9-17H2,1-4H3,(H,23,24). The monoisotopic (exact) mass is 371 g/mol. The third-order valence-electron chi connectivity index (χ3n) is 6.17. The van der Waals surface area contributed by atoms with Gasteiger partial charge in [0.1, 0.15) is 0 Å². The number of benzene rings is 1. The number of nitrogens with one attached hydrogen (secondary N) is 1. The number of nitrogens with zero attached hydrogens (tertiary/aromatic N) is 4. The van der Waals surface area contributed by atoms with Crippen LogP contribution in [-0.2, 0) is 0 Å². The molecule has 0 saturated carbocycles. The lowest BCUT2D eigenvalue weighted by Crippen LogP contribution is -2.53. The van der Waals surface area contributed by atoms with Crippen LogP contribution in [0.1, 0.15) is 30.9 Å². The zero-order chi connectivity index (χ0) is 19.2. The Hall–Kier alpha value is -1.75. The first-order valence-corrected chi connectivity index (χ1v) is 10.6. The number of rotatable bonds is 5. The van der Waals surface area contributed by atoms with Crippen LogP contribution in [0.4, 0.5) is 5.69 Å². The topological polar surface area (TPSA) is 34.1 Å². The Labute approximate surface area is 165 Å². The van der Waals surface area contributed by atoms with Crippen LogP contribution in [-0.4, -0.2) is 75.2 Å². The van der Waals surface area contributed by atoms with Crippen LogP contribution < -0.4 is 10.2 Å². The van der Waals surface area contributed by atoms with Crippen LogP contribution in [0.3, 0.4) is 0 Å². The van der Waals surface area contributed by atoms with E-state index in [1.807, 2.05) is 7.05 Å². The lowest BCUT2D eigenvalue weighted by atomic mass is 10.1. The second kappa shape index (κ2) is 9.45. The first kappa shape index (κ1) is 20.0. The summed E-state index contributed by atoms with van der Waals surface area (Å²) in [6, 6.07) is 6.63. The molecule has 0 radical (unpaired) electrons. The van der Waals surface area contributed by atoms with E-state index in [1.54, 1.807) is 0 Å². The summed E-state index contributed by atoms with van der Waals surface area (Å²) in [5.74, 6) is 1.83. The molecule has 5 heteroatoms. The van der Waals surface area contributed by atoms with E-state index in [-0.39, 0.29) is 0 Å². The van der Waals surface area contributed by atoms with Gasteiger partial charge in [-0.1, -0.05) is 19.1 Å². The number of aryl methyl sites for hydroxylation is 1. The molecule has 27 heavy (non-hydrogen) atoms. The maximum atomic E-state index is 4.56. The number of anilines is 1. The highest BCUT2D eigenvalue weighted by Gasteiger charge is 2.24. The van der Waals surface area contributed by atoms with Gasteiger partial charge >= 0.3 is 0 Å². The first-order chi connectivity index (χ1) is 13.1. The molecule has 2 fully saturated rings. The minimum Gasteiger partial charge on any atom is -0.368 e. The van der Waals surface area contributed by atoms with E-state index >= 15 is 0 Å². The van der Waals surface area contributed by atoms with Gasteiger partial charge in [0.05, 0.1) is 0 Å². The van der Waals surface area contributed by atoms with Crippen molar-refractivity contribution in [1.29, 1.82) is 0 Å². The molecule has 1 aromatic carbocycles. The zero-order valence-corrected chi connectivity index (χ0v) is 17.7. The highest BCUT2D eigenvalue weighted by Crippen LogP contribution is 2.24. The molecule has 2 saturated heterocycles. The van der Waals surface area contributed by atoms with Gasteiger partial charge < -0.3 is 20.0 Å². The highest BCUT2D eigenvalue weighted by atomic mass is 15.3. The summed E-state index contributed by atoms with van der Waals surface area (Å²) in [7, 11) is 1.91. The average Bonchev–Trinajstić information content (AvgIpc) is 3.13. The number of hydrogen-bond donors (Lipinski definition) is 1. The quantitative estimate of drug-likeness (QED) is 0.637. The Kier molecular flexibility index (Phi) is 7.00. The molecule has 0 amide bonds. The Morgan fingerprint density at radius 2 is 1.93 bits per heavy atom. The Bertz CT molecular complexity index is 634. The molecule has 5 nitrogen and oxygen atoms in total. The summed E-state index contributed by atoms with van der Waals surface area (Å²) >= 11 is 0. The number of hydrogen-bond acceptors (Lipinski definition) is 3. The fraction of sp³-hybridized carbons (Fsp3) is 0.682. The fourth-order valence-corrected chi connectivity index (χ4v) is 4.40. The molecule has 1 aromatic rings. The smallest absolute Gasteiger partial charge is 0.193 e. The predicted molar refractivity (Wildman–Crippen MR) is 116 cm³/mol. The van der Waals surface area contributed by atoms with Crippen LogP contribution in [0.15, 0.2) is 23.2 Å². The number of guanidine groups is 1. The molecule has 150 valence electrons. The van der Waals surface area contributed by atoms with Gasteiger partial charge in [0.15, 0.2) is 5.96 Å². The van der Waals surface area contributed by atoms with Crippen molar-refractivity contribution in [2.75, 3.05) is 64.3 Å². The van der Waals surface area contributed by atoms with Gasteiger partial charge in [-0.3, -0.25) is 4.99 Å². The van der Waals surface area contributed by atoms with Gasteiger partial charge in [-0.05, 0) is 62.9 Å². The van der Waals surface area contributed by atoms with Crippen molar-refractivity contribution in [3.05, 3.63) is 29.3 Å². The van der Waals surface area contributed by atoms with E-state index in [0.717, 1.165) is 44.6 Å². The van der Waals surface area contributed by atoms with Crippen molar-refractivity contribution in [3.63, 3.8) is 0 Å². The van der Waals surface area contributed by atoms with Crippen molar-refractivity contribution in [2.24, 2.45) is 10.9 Å². The van der Waals surface area contributed by atoms with E-state index < -0.39 is 0 Å². The third kappa shape index (κ3) is 4.95. The highest BCUT2D eigenvalue weighted by molar-refractivity contribution is 5.80. The van der Waals surface area contributed by atoms with E-state index in [9.17, 15) is 0 Å². The third-order valence-corrected chi connectivity index (χ3v) is 6.17. The molecule has 0 bridgehead atoms. The summed E-state index contributed by atoms with van der Waals surface area (Å²) < 4.78 is 0. The van der Waals surface area contributed by atoms with Crippen LogP contribution in [0.2, 0.25) is 0 Å². The molecule has 2 aliphatic heterocycles. The number of piperazine rings is 1. The minimum absolute atomic E-state index is 0.754. The Morgan fingerprint density at radius 3 is 2.63 bits per heavy atom. The van der Waals surface area contributed by atoms with Gasteiger partial charge in [0, 0.05) is 52.0 Å². The molecule has 0 aliphatic carbocycles. The molecule has 0 aromatic heterocycles.